The normalized spacial score (nSPS) is 12.5. The van der Waals surface area contributed by atoms with Crippen LogP contribution in [0.25, 0.3) is 0 Å². The molecule has 0 aliphatic rings. The van der Waals surface area contributed by atoms with E-state index in [1.54, 1.807) is 12.1 Å². The Labute approximate surface area is 130 Å². The molecule has 0 fully saturated rings. The second-order valence-electron chi connectivity index (χ2n) is 6.29. The molecule has 1 unspecified atom stereocenters. The SMILES string of the molecule is CC(C)(C)c1ccc(C(=O)NC(CCCC=O)C(=O)O)cc1. The van der Waals surface area contributed by atoms with Crippen molar-refractivity contribution >= 4 is 18.2 Å². The quantitative estimate of drug-likeness (QED) is 0.599. The highest BCUT2D eigenvalue weighted by atomic mass is 16.4. The van der Waals surface area contributed by atoms with Crippen LogP contribution in [-0.4, -0.2) is 29.3 Å². The second-order valence-corrected chi connectivity index (χ2v) is 6.29. The molecule has 2 N–H and O–H groups in total. The smallest absolute Gasteiger partial charge is 0.326 e. The Bertz CT molecular complexity index is 529. The van der Waals surface area contributed by atoms with E-state index in [9.17, 15) is 14.4 Å². The van der Waals surface area contributed by atoms with E-state index in [0.29, 0.717) is 18.4 Å². The maximum absolute atomic E-state index is 12.1. The van der Waals surface area contributed by atoms with Crippen LogP contribution < -0.4 is 5.32 Å². The van der Waals surface area contributed by atoms with Crippen molar-refractivity contribution in [1.82, 2.24) is 5.32 Å². The van der Waals surface area contributed by atoms with E-state index in [-0.39, 0.29) is 11.8 Å². The zero-order chi connectivity index (χ0) is 16.8. The number of unbranched alkanes of at least 4 members (excludes halogenated alkanes) is 1. The van der Waals surface area contributed by atoms with Crippen LogP contribution >= 0.6 is 0 Å². The monoisotopic (exact) mass is 305 g/mol. The van der Waals surface area contributed by atoms with Crippen LogP contribution in [0.15, 0.2) is 24.3 Å². The topological polar surface area (TPSA) is 83.5 Å². The van der Waals surface area contributed by atoms with Gasteiger partial charge in [0.05, 0.1) is 0 Å². The summed E-state index contributed by atoms with van der Waals surface area (Å²) >= 11 is 0. The molecule has 0 saturated carbocycles. The Morgan fingerprint density at radius 3 is 2.27 bits per heavy atom. The van der Waals surface area contributed by atoms with Crippen LogP contribution in [0.4, 0.5) is 0 Å². The number of nitrogens with one attached hydrogen (secondary N) is 1. The van der Waals surface area contributed by atoms with Crippen LogP contribution in [0.1, 0.15) is 56.0 Å². The van der Waals surface area contributed by atoms with Gasteiger partial charge in [-0.3, -0.25) is 4.79 Å². The third-order valence-electron chi connectivity index (χ3n) is 3.43. The molecule has 120 valence electrons. The summed E-state index contributed by atoms with van der Waals surface area (Å²) in [6.07, 6.45) is 1.70. The number of benzene rings is 1. The van der Waals surface area contributed by atoms with Crippen LogP contribution in [0.2, 0.25) is 0 Å². The average Bonchev–Trinajstić information content (AvgIpc) is 2.45. The predicted molar refractivity (Wildman–Crippen MR) is 83.9 cm³/mol. The molecule has 5 heteroatoms. The van der Waals surface area contributed by atoms with E-state index >= 15 is 0 Å². The van der Waals surface area contributed by atoms with Crippen LogP contribution in [0, 0.1) is 0 Å². The molecule has 1 atom stereocenters. The lowest BCUT2D eigenvalue weighted by molar-refractivity contribution is -0.139. The van der Waals surface area contributed by atoms with Gasteiger partial charge in [0, 0.05) is 12.0 Å². The van der Waals surface area contributed by atoms with Crippen LogP contribution in [0.5, 0.6) is 0 Å². The summed E-state index contributed by atoms with van der Waals surface area (Å²) in [6.45, 7) is 6.24. The van der Waals surface area contributed by atoms with E-state index in [4.69, 9.17) is 5.11 Å². The number of aliphatic carboxylic acids is 1. The fourth-order valence-corrected chi connectivity index (χ4v) is 2.03. The fraction of sp³-hybridized carbons (Fsp3) is 0.471. The van der Waals surface area contributed by atoms with E-state index in [1.165, 1.54) is 0 Å². The van der Waals surface area contributed by atoms with Crippen molar-refractivity contribution in [1.29, 1.82) is 0 Å². The van der Waals surface area contributed by atoms with Crippen molar-refractivity contribution in [3.63, 3.8) is 0 Å². The van der Waals surface area contributed by atoms with Crippen molar-refractivity contribution in [3.8, 4) is 0 Å². The molecule has 0 heterocycles. The summed E-state index contributed by atoms with van der Waals surface area (Å²) in [6, 6.07) is 6.16. The zero-order valence-corrected chi connectivity index (χ0v) is 13.3. The Balaban J connectivity index is 2.73. The number of carboxylic acid groups (broad SMARTS) is 1. The number of carbonyl (C=O) groups is 3. The number of aldehydes is 1. The van der Waals surface area contributed by atoms with E-state index in [1.807, 2.05) is 12.1 Å². The van der Waals surface area contributed by atoms with Gasteiger partial charge < -0.3 is 15.2 Å². The zero-order valence-electron chi connectivity index (χ0n) is 13.3. The first kappa shape index (κ1) is 17.9. The molecule has 0 bridgehead atoms. The van der Waals surface area contributed by atoms with Crippen molar-refractivity contribution in [2.24, 2.45) is 0 Å². The van der Waals surface area contributed by atoms with Gasteiger partial charge in [-0.25, -0.2) is 4.79 Å². The Kier molecular flexibility index (Phi) is 6.28. The van der Waals surface area contributed by atoms with Gasteiger partial charge >= 0.3 is 5.97 Å². The third kappa shape index (κ3) is 5.31. The standard InChI is InChI=1S/C17H23NO4/c1-17(2,3)13-9-7-12(8-10-13)15(20)18-14(16(21)22)6-4-5-11-19/h7-11,14H,4-6H2,1-3H3,(H,18,20)(H,21,22). The molecule has 0 aromatic heterocycles. The number of carboxylic acids is 1. The Morgan fingerprint density at radius 2 is 1.82 bits per heavy atom. The predicted octanol–water partition coefficient (Wildman–Crippen LogP) is 2.54. The van der Waals surface area contributed by atoms with Crippen molar-refractivity contribution in [3.05, 3.63) is 35.4 Å². The lowest BCUT2D eigenvalue weighted by Gasteiger charge is -2.19. The molecule has 0 aliphatic carbocycles. The Morgan fingerprint density at radius 1 is 1.23 bits per heavy atom. The molecule has 1 amide bonds. The van der Waals surface area contributed by atoms with Gasteiger partial charge in [0.15, 0.2) is 0 Å². The largest absolute Gasteiger partial charge is 0.480 e. The maximum atomic E-state index is 12.1. The minimum absolute atomic E-state index is 0.00651. The number of rotatable bonds is 7. The number of carbonyl (C=O) groups excluding carboxylic acids is 2. The number of amides is 1. The molecular formula is C17H23NO4. The van der Waals surface area contributed by atoms with Gasteiger partial charge in [-0.05, 0) is 36.0 Å². The molecule has 1 aromatic carbocycles. The molecule has 0 spiro atoms. The molecule has 1 aromatic rings. The highest BCUT2D eigenvalue weighted by molar-refractivity contribution is 5.96. The Hall–Kier alpha value is -2.17. The summed E-state index contributed by atoms with van der Waals surface area (Å²) in [5.74, 6) is -1.51. The van der Waals surface area contributed by atoms with E-state index in [0.717, 1.165) is 11.8 Å². The lowest BCUT2D eigenvalue weighted by Crippen LogP contribution is -2.40. The molecule has 0 radical (unpaired) electrons. The van der Waals surface area contributed by atoms with E-state index < -0.39 is 17.9 Å². The fourth-order valence-electron chi connectivity index (χ4n) is 2.03. The molecule has 0 aliphatic heterocycles. The summed E-state index contributed by atoms with van der Waals surface area (Å²) in [4.78, 5) is 33.5. The first-order valence-electron chi connectivity index (χ1n) is 7.33. The van der Waals surface area contributed by atoms with Gasteiger partial charge in [0.25, 0.3) is 5.91 Å². The number of hydrogen-bond donors (Lipinski definition) is 2. The minimum Gasteiger partial charge on any atom is -0.480 e. The summed E-state index contributed by atoms with van der Waals surface area (Å²) in [7, 11) is 0. The van der Waals surface area contributed by atoms with Crippen LogP contribution in [0.3, 0.4) is 0 Å². The molecular weight excluding hydrogens is 282 g/mol. The highest BCUT2D eigenvalue weighted by Gasteiger charge is 2.20. The number of hydrogen-bond acceptors (Lipinski definition) is 3. The van der Waals surface area contributed by atoms with Crippen LogP contribution in [-0.2, 0) is 15.0 Å². The molecule has 1 rings (SSSR count). The van der Waals surface area contributed by atoms with Crippen molar-refractivity contribution < 1.29 is 19.5 Å². The van der Waals surface area contributed by atoms with Crippen molar-refractivity contribution in [2.45, 2.75) is 51.5 Å². The maximum Gasteiger partial charge on any atom is 0.326 e. The molecule has 22 heavy (non-hydrogen) atoms. The molecule has 5 nitrogen and oxygen atoms in total. The van der Waals surface area contributed by atoms with Gasteiger partial charge in [-0.15, -0.1) is 0 Å². The summed E-state index contributed by atoms with van der Waals surface area (Å²) < 4.78 is 0. The lowest BCUT2D eigenvalue weighted by atomic mass is 9.86. The van der Waals surface area contributed by atoms with E-state index in [2.05, 4.69) is 26.1 Å². The van der Waals surface area contributed by atoms with Gasteiger partial charge in [0.1, 0.15) is 12.3 Å². The highest BCUT2D eigenvalue weighted by Crippen LogP contribution is 2.22. The van der Waals surface area contributed by atoms with Gasteiger partial charge in [-0.2, -0.15) is 0 Å². The van der Waals surface area contributed by atoms with Crippen molar-refractivity contribution in [2.75, 3.05) is 0 Å². The minimum atomic E-state index is -1.09. The average molecular weight is 305 g/mol. The first-order chi connectivity index (χ1) is 10.3. The second kappa shape index (κ2) is 7.73. The van der Waals surface area contributed by atoms with Gasteiger partial charge in [0.2, 0.25) is 0 Å². The summed E-state index contributed by atoms with van der Waals surface area (Å²) in [5.41, 5.74) is 1.52. The first-order valence-corrected chi connectivity index (χ1v) is 7.33. The summed E-state index contributed by atoms with van der Waals surface area (Å²) in [5, 5.41) is 11.6. The molecule has 0 saturated heterocycles. The van der Waals surface area contributed by atoms with Gasteiger partial charge in [-0.1, -0.05) is 32.9 Å². The third-order valence-corrected chi connectivity index (χ3v) is 3.43.